The van der Waals surface area contributed by atoms with Crippen LogP contribution < -0.4 is 5.46 Å². The van der Waals surface area contributed by atoms with Crippen molar-refractivity contribution in [2.75, 3.05) is 7.11 Å². The normalized spacial score (nSPS) is 21.5. The first-order chi connectivity index (χ1) is 10.4. The van der Waals surface area contributed by atoms with Gasteiger partial charge in [0.2, 0.25) is 0 Å². The first kappa shape index (κ1) is 18.3. The summed E-state index contributed by atoms with van der Waals surface area (Å²) in [7, 11) is 0.182. The van der Waals surface area contributed by atoms with Crippen LogP contribution >= 0.6 is 0 Å². The van der Waals surface area contributed by atoms with Crippen molar-refractivity contribution in [3.05, 3.63) is 29.3 Å². The molecule has 0 amide bonds. The maximum atomic E-state index is 13.3. The summed E-state index contributed by atoms with van der Waals surface area (Å²) < 4.78 is 56.3. The van der Waals surface area contributed by atoms with Crippen LogP contribution in [0.4, 0.5) is 13.2 Å². The van der Waals surface area contributed by atoms with E-state index in [-0.39, 0.29) is 5.56 Å². The van der Waals surface area contributed by atoms with Crippen molar-refractivity contribution >= 4 is 12.6 Å². The molecule has 1 aliphatic rings. The van der Waals surface area contributed by atoms with Crippen LogP contribution in [-0.2, 0) is 14.0 Å². The number of aryl methyl sites for hydroxylation is 1. The molecule has 7 heteroatoms. The summed E-state index contributed by atoms with van der Waals surface area (Å²) in [5.41, 5.74) is -0.0497. The van der Waals surface area contributed by atoms with E-state index in [4.69, 9.17) is 14.0 Å². The summed E-state index contributed by atoms with van der Waals surface area (Å²) in [4.78, 5) is 0. The van der Waals surface area contributed by atoms with Crippen LogP contribution in [0.2, 0.25) is 0 Å². The minimum Gasteiger partial charge on any atom is -0.399 e. The number of halogens is 3. The summed E-state index contributed by atoms with van der Waals surface area (Å²) in [6.07, 6.45) is -6.53. The minimum atomic E-state index is -4.51. The van der Waals surface area contributed by atoms with Crippen molar-refractivity contribution in [3.63, 3.8) is 0 Å². The first-order valence-corrected chi connectivity index (χ1v) is 7.44. The van der Waals surface area contributed by atoms with Crippen LogP contribution in [0.5, 0.6) is 0 Å². The fourth-order valence-electron chi connectivity index (χ4n) is 2.54. The van der Waals surface area contributed by atoms with E-state index in [9.17, 15) is 13.2 Å². The number of hydrogen-bond acceptors (Lipinski definition) is 3. The van der Waals surface area contributed by atoms with Gasteiger partial charge in [0.25, 0.3) is 0 Å². The zero-order valence-corrected chi connectivity index (χ0v) is 14.2. The van der Waals surface area contributed by atoms with E-state index >= 15 is 0 Å². The lowest BCUT2D eigenvalue weighted by molar-refractivity contribution is -0.215. The lowest BCUT2D eigenvalue weighted by atomic mass is 9.74. The van der Waals surface area contributed by atoms with Crippen LogP contribution in [0.1, 0.15) is 44.9 Å². The lowest BCUT2D eigenvalue weighted by Gasteiger charge is -2.32. The van der Waals surface area contributed by atoms with Gasteiger partial charge in [0.05, 0.1) is 11.2 Å². The molecule has 0 spiro atoms. The highest BCUT2D eigenvalue weighted by atomic mass is 19.4. The molecular formula is C16H22BF3O3. The molecule has 2 rings (SSSR count). The fraction of sp³-hybridized carbons (Fsp3) is 0.625. The Morgan fingerprint density at radius 1 is 1.09 bits per heavy atom. The number of hydrogen-bond donors (Lipinski definition) is 0. The Morgan fingerprint density at radius 3 is 2.04 bits per heavy atom. The van der Waals surface area contributed by atoms with Crippen LogP contribution in [-0.4, -0.2) is 31.6 Å². The third-order valence-electron chi connectivity index (χ3n) is 4.56. The molecular weight excluding hydrogens is 308 g/mol. The Balaban J connectivity index is 2.49. The standard InChI is InChI=1S/C16H22BF3O3/c1-10-7-8-11(13(21-6)16(18,19)20)12(9-10)17-22-14(2,3)15(4,5)23-17/h7-9,13H,1-6H3. The molecule has 23 heavy (non-hydrogen) atoms. The van der Waals surface area contributed by atoms with Gasteiger partial charge < -0.3 is 14.0 Å². The number of ether oxygens (including phenoxy) is 1. The van der Waals surface area contributed by atoms with Gasteiger partial charge in [-0.15, -0.1) is 0 Å². The molecule has 3 nitrogen and oxygen atoms in total. The molecule has 1 fully saturated rings. The number of methoxy groups -OCH3 is 1. The van der Waals surface area contributed by atoms with Crippen LogP contribution in [0.15, 0.2) is 18.2 Å². The number of alkyl halides is 3. The Hall–Kier alpha value is -1.05. The Morgan fingerprint density at radius 2 is 1.61 bits per heavy atom. The summed E-state index contributed by atoms with van der Waals surface area (Å²) in [6.45, 7) is 9.26. The molecule has 0 saturated carbocycles. The van der Waals surface area contributed by atoms with Crippen molar-refractivity contribution in [2.24, 2.45) is 0 Å². The van der Waals surface area contributed by atoms with E-state index in [1.165, 1.54) is 6.07 Å². The summed E-state index contributed by atoms with van der Waals surface area (Å²) in [5, 5.41) is 0. The van der Waals surface area contributed by atoms with Gasteiger partial charge in [-0.05, 0) is 45.6 Å². The molecule has 0 aromatic heterocycles. The third-order valence-corrected chi connectivity index (χ3v) is 4.56. The summed E-state index contributed by atoms with van der Waals surface area (Å²) in [6, 6.07) is 4.72. The monoisotopic (exact) mass is 330 g/mol. The second-order valence-electron chi connectivity index (χ2n) is 6.88. The average Bonchev–Trinajstić information content (AvgIpc) is 2.59. The van der Waals surface area contributed by atoms with Crippen LogP contribution in [0.3, 0.4) is 0 Å². The van der Waals surface area contributed by atoms with Gasteiger partial charge in [-0.25, -0.2) is 0 Å². The third kappa shape index (κ3) is 3.41. The van der Waals surface area contributed by atoms with Gasteiger partial charge in [-0.1, -0.05) is 23.8 Å². The lowest BCUT2D eigenvalue weighted by Crippen LogP contribution is -2.41. The number of rotatable bonds is 3. The molecule has 1 aromatic carbocycles. The summed E-state index contributed by atoms with van der Waals surface area (Å²) >= 11 is 0. The van der Waals surface area contributed by atoms with Crippen molar-refractivity contribution < 1.29 is 27.2 Å². The SMILES string of the molecule is COC(c1ccc(C)cc1B1OC(C)(C)C(C)(C)O1)C(F)(F)F. The van der Waals surface area contributed by atoms with Crippen molar-refractivity contribution in [1.82, 2.24) is 0 Å². The molecule has 1 saturated heterocycles. The first-order valence-electron chi connectivity index (χ1n) is 7.44. The molecule has 1 heterocycles. The van der Waals surface area contributed by atoms with Crippen molar-refractivity contribution in [3.8, 4) is 0 Å². The van der Waals surface area contributed by atoms with Gasteiger partial charge in [0.1, 0.15) is 0 Å². The quantitative estimate of drug-likeness (QED) is 0.794. The predicted octanol–water partition coefficient (Wildman–Crippen LogP) is 3.54. The molecule has 0 radical (unpaired) electrons. The van der Waals surface area contributed by atoms with E-state index in [0.29, 0.717) is 5.46 Å². The number of benzene rings is 1. The largest absolute Gasteiger partial charge is 0.495 e. The maximum absolute atomic E-state index is 13.3. The highest BCUT2D eigenvalue weighted by molar-refractivity contribution is 6.62. The van der Waals surface area contributed by atoms with Crippen molar-refractivity contribution in [1.29, 1.82) is 0 Å². The summed E-state index contributed by atoms with van der Waals surface area (Å²) in [5.74, 6) is 0. The Labute approximate surface area is 135 Å². The van der Waals surface area contributed by atoms with Crippen molar-refractivity contribution in [2.45, 2.75) is 58.1 Å². The molecule has 128 valence electrons. The van der Waals surface area contributed by atoms with E-state index in [1.807, 2.05) is 34.6 Å². The Bertz CT molecular complexity index is 568. The molecule has 1 atom stereocenters. The molecule has 1 unspecified atom stereocenters. The Kier molecular flexibility index (Phi) is 4.61. The van der Waals surface area contributed by atoms with E-state index < -0.39 is 30.6 Å². The van der Waals surface area contributed by atoms with Crippen LogP contribution in [0, 0.1) is 6.92 Å². The van der Waals surface area contributed by atoms with E-state index in [0.717, 1.165) is 12.7 Å². The molecule has 0 N–H and O–H groups in total. The zero-order valence-electron chi connectivity index (χ0n) is 14.2. The second-order valence-corrected chi connectivity index (χ2v) is 6.88. The smallest absolute Gasteiger partial charge is 0.399 e. The highest BCUT2D eigenvalue weighted by Gasteiger charge is 2.53. The molecule has 0 bridgehead atoms. The van der Waals surface area contributed by atoms with Gasteiger partial charge >= 0.3 is 13.3 Å². The second kappa shape index (κ2) is 5.79. The fourth-order valence-corrected chi connectivity index (χ4v) is 2.54. The molecule has 1 aromatic rings. The minimum absolute atomic E-state index is 0.0177. The average molecular weight is 330 g/mol. The van der Waals surface area contributed by atoms with Gasteiger partial charge in [-0.2, -0.15) is 13.2 Å². The van der Waals surface area contributed by atoms with E-state index in [2.05, 4.69) is 0 Å². The highest BCUT2D eigenvalue weighted by Crippen LogP contribution is 2.39. The van der Waals surface area contributed by atoms with Gasteiger partial charge in [-0.3, -0.25) is 0 Å². The maximum Gasteiger partial charge on any atom is 0.495 e. The zero-order chi connectivity index (χ0) is 17.6. The molecule has 1 aliphatic heterocycles. The molecule has 0 aliphatic carbocycles. The van der Waals surface area contributed by atoms with Gasteiger partial charge in [0.15, 0.2) is 6.10 Å². The van der Waals surface area contributed by atoms with Gasteiger partial charge in [0, 0.05) is 7.11 Å². The van der Waals surface area contributed by atoms with E-state index in [1.54, 1.807) is 12.1 Å². The van der Waals surface area contributed by atoms with Crippen LogP contribution in [0.25, 0.3) is 0 Å². The topological polar surface area (TPSA) is 27.7 Å². The predicted molar refractivity (Wildman–Crippen MR) is 82.7 cm³/mol.